The first-order chi connectivity index (χ1) is 8.02. The van der Waals surface area contributed by atoms with Gasteiger partial charge in [-0.05, 0) is 18.2 Å². The molecule has 0 saturated carbocycles. The van der Waals surface area contributed by atoms with Crippen molar-refractivity contribution >= 4 is 0 Å². The van der Waals surface area contributed by atoms with Crippen LogP contribution in [0.4, 0.5) is 13.2 Å². The first-order valence-corrected chi connectivity index (χ1v) is 4.65. The van der Waals surface area contributed by atoms with Crippen LogP contribution in [-0.2, 0) is 6.18 Å². The molecule has 0 aliphatic carbocycles. The Balaban J connectivity index is 2.49. The zero-order valence-corrected chi connectivity index (χ0v) is 8.44. The predicted octanol–water partition coefficient (Wildman–Crippen LogP) is 2.76. The highest BCUT2D eigenvalue weighted by atomic mass is 19.4. The van der Waals surface area contributed by atoms with Crippen LogP contribution in [0.1, 0.15) is 11.3 Å². The monoisotopic (exact) mass is 237 g/mol. The molecule has 0 atom stereocenters. The average molecular weight is 237 g/mol. The summed E-state index contributed by atoms with van der Waals surface area (Å²) in [5.74, 6) is 0. The van der Waals surface area contributed by atoms with E-state index in [1.807, 2.05) is 6.07 Å². The van der Waals surface area contributed by atoms with Crippen LogP contribution < -0.4 is 0 Å². The summed E-state index contributed by atoms with van der Waals surface area (Å²) in [5.41, 5.74) is -0.389. The van der Waals surface area contributed by atoms with Gasteiger partial charge in [0.1, 0.15) is 6.07 Å². The van der Waals surface area contributed by atoms with Gasteiger partial charge in [-0.2, -0.15) is 23.5 Å². The van der Waals surface area contributed by atoms with E-state index in [-0.39, 0.29) is 5.56 Å². The molecule has 0 unspecified atom stereocenters. The first kappa shape index (κ1) is 11.2. The van der Waals surface area contributed by atoms with E-state index in [0.717, 1.165) is 10.7 Å². The molecule has 17 heavy (non-hydrogen) atoms. The minimum Gasteiger partial charge on any atom is -0.239 e. The quantitative estimate of drug-likeness (QED) is 0.765. The molecule has 0 fully saturated rings. The number of alkyl halides is 3. The molecule has 6 heteroatoms. The van der Waals surface area contributed by atoms with Crippen LogP contribution in [0.25, 0.3) is 5.69 Å². The topological polar surface area (TPSA) is 41.6 Å². The number of benzene rings is 1. The maximum absolute atomic E-state index is 12.4. The number of rotatable bonds is 1. The number of nitrogens with zero attached hydrogens (tertiary/aromatic N) is 3. The smallest absolute Gasteiger partial charge is 0.239 e. The van der Waals surface area contributed by atoms with Crippen molar-refractivity contribution in [2.75, 3.05) is 0 Å². The fourth-order valence-electron chi connectivity index (χ4n) is 1.38. The third kappa shape index (κ3) is 2.13. The lowest BCUT2D eigenvalue weighted by atomic mass is 10.2. The van der Waals surface area contributed by atoms with Gasteiger partial charge in [-0.15, -0.1) is 0 Å². The van der Waals surface area contributed by atoms with E-state index >= 15 is 0 Å². The van der Waals surface area contributed by atoms with Crippen molar-refractivity contribution in [3.63, 3.8) is 0 Å². The van der Waals surface area contributed by atoms with E-state index in [0.29, 0.717) is 5.69 Å². The Morgan fingerprint density at radius 2 is 1.88 bits per heavy atom. The summed E-state index contributed by atoms with van der Waals surface area (Å²) < 4.78 is 38.1. The first-order valence-electron chi connectivity index (χ1n) is 4.65. The Morgan fingerprint density at radius 3 is 2.47 bits per heavy atom. The predicted molar refractivity (Wildman–Crippen MR) is 53.3 cm³/mol. The van der Waals surface area contributed by atoms with Crippen molar-refractivity contribution in [3.05, 3.63) is 47.8 Å². The summed E-state index contributed by atoms with van der Waals surface area (Å²) >= 11 is 0. The molecular weight excluding hydrogens is 231 g/mol. The van der Waals surface area contributed by atoms with E-state index < -0.39 is 11.9 Å². The molecule has 1 aromatic carbocycles. The maximum atomic E-state index is 12.4. The van der Waals surface area contributed by atoms with Gasteiger partial charge in [0.2, 0.25) is 0 Å². The molecule has 0 N–H and O–H groups in total. The molecule has 1 heterocycles. The number of nitriles is 1. The Bertz CT molecular complexity index is 578. The molecular formula is C11H6F3N3. The zero-order chi connectivity index (χ0) is 12.5. The van der Waals surface area contributed by atoms with Crippen molar-refractivity contribution in [2.24, 2.45) is 0 Å². The Labute approximate surface area is 94.7 Å². The fourth-order valence-corrected chi connectivity index (χ4v) is 1.38. The SMILES string of the molecule is N#Cc1ccccc1-n1ccc(C(F)(F)F)n1. The number of para-hydroxylation sites is 1. The van der Waals surface area contributed by atoms with Crippen molar-refractivity contribution < 1.29 is 13.2 Å². The highest BCUT2D eigenvalue weighted by Crippen LogP contribution is 2.28. The van der Waals surface area contributed by atoms with Crippen LogP contribution in [-0.4, -0.2) is 9.78 Å². The fraction of sp³-hybridized carbons (Fsp3) is 0.0909. The Hall–Kier alpha value is -2.29. The van der Waals surface area contributed by atoms with Crippen LogP contribution in [0.2, 0.25) is 0 Å². The van der Waals surface area contributed by atoms with Crippen molar-refractivity contribution in [1.82, 2.24) is 9.78 Å². The minimum absolute atomic E-state index is 0.268. The summed E-state index contributed by atoms with van der Waals surface area (Å²) in [4.78, 5) is 0. The normalized spacial score (nSPS) is 11.2. The van der Waals surface area contributed by atoms with Crippen LogP contribution in [0.3, 0.4) is 0 Å². The van der Waals surface area contributed by atoms with Gasteiger partial charge in [-0.1, -0.05) is 12.1 Å². The molecule has 2 aromatic rings. The highest BCUT2D eigenvalue weighted by molar-refractivity contribution is 5.48. The minimum atomic E-state index is -4.48. The lowest BCUT2D eigenvalue weighted by Gasteiger charge is -2.04. The van der Waals surface area contributed by atoms with Crippen molar-refractivity contribution in [3.8, 4) is 11.8 Å². The zero-order valence-electron chi connectivity index (χ0n) is 8.44. The van der Waals surface area contributed by atoms with E-state index in [4.69, 9.17) is 5.26 Å². The second kappa shape index (κ2) is 3.94. The van der Waals surface area contributed by atoms with E-state index in [9.17, 15) is 13.2 Å². The molecule has 0 radical (unpaired) electrons. The molecule has 0 aliphatic rings. The van der Waals surface area contributed by atoms with Crippen LogP contribution in [0.5, 0.6) is 0 Å². The molecule has 0 bridgehead atoms. The van der Waals surface area contributed by atoms with Gasteiger partial charge in [0.15, 0.2) is 5.69 Å². The van der Waals surface area contributed by atoms with Gasteiger partial charge < -0.3 is 0 Å². The second-order valence-electron chi connectivity index (χ2n) is 3.27. The Kier molecular flexibility index (Phi) is 2.60. The molecule has 1 aromatic heterocycles. The lowest BCUT2D eigenvalue weighted by Crippen LogP contribution is -2.07. The third-order valence-electron chi connectivity index (χ3n) is 2.15. The molecule has 0 amide bonds. The second-order valence-corrected chi connectivity index (χ2v) is 3.27. The van der Waals surface area contributed by atoms with Crippen LogP contribution >= 0.6 is 0 Å². The van der Waals surface area contributed by atoms with E-state index in [1.54, 1.807) is 12.1 Å². The number of hydrogen-bond acceptors (Lipinski definition) is 2. The Morgan fingerprint density at radius 1 is 1.18 bits per heavy atom. The van der Waals surface area contributed by atoms with Gasteiger partial charge in [0, 0.05) is 6.20 Å². The van der Waals surface area contributed by atoms with E-state index in [1.165, 1.54) is 18.3 Å². The molecule has 2 rings (SSSR count). The number of aromatic nitrogens is 2. The summed E-state index contributed by atoms with van der Waals surface area (Å²) in [5, 5.41) is 12.2. The molecule has 3 nitrogen and oxygen atoms in total. The van der Waals surface area contributed by atoms with Crippen molar-refractivity contribution in [2.45, 2.75) is 6.18 Å². The summed E-state index contributed by atoms with van der Waals surface area (Å²) in [6.45, 7) is 0. The largest absolute Gasteiger partial charge is 0.435 e. The van der Waals surface area contributed by atoms with Gasteiger partial charge >= 0.3 is 6.18 Å². The number of hydrogen-bond donors (Lipinski definition) is 0. The number of halogens is 3. The molecule has 0 aliphatic heterocycles. The summed E-state index contributed by atoms with van der Waals surface area (Å²) in [6.07, 6.45) is -3.30. The van der Waals surface area contributed by atoms with Crippen molar-refractivity contribution in [1.29, 1.82) is 5.26 Å². The highest BCUT2D eigenvalue weighted by Gasteiger charge is 2.33. The molecule has 86 valence electrons. The molecule has 0 spiro atoms. The van der Waals surface area contributed by atoms with Gasteiger partial charge in [0.25, 0.3) is 0 Å². The molecule has 0 saturated heterocycles. The lowest BCUT2D eigenvalue weighted by molar-refractivity contribution is -0.141. The van der Waals surface area contributed by atoms with Gasteiger partial charge in [-0.25, -0.2) is 4.68 Å². The van der Waals surface area contributed by atoms with Gasteiger partial charge in [0.05, 0.1) is 11.3 Å². The summed E-state index contributed by atoms with van der Waals surface area (Å²) in [6, 6.07) is 9.09. The van der Waals surface area contributed by atoms with Crippen LogP contribution in [0.15, 0.2) is 36.5 Å². The van der Waals surface area contributed by atoms with E-state index in [2.05, 4.69) is 5.10 Å². The van der Waals surface area contributed by atoms with Crippen LogP contribution in [0, 0.1) is 11.3 Å². The third-order valence-corrected chi connectivity index (χ3v) is 2.15. The maximum Gasteiger partial charge on any atom is 0.435 e. The van der Waals surface area contributed by atoms with Gasteiger partial charge in [-0.3, -0.25) is 0 Å². The standard InChI is InChI=1S/C11H6F3N3/c12-11(13,14)10-5-6-17(16-10)9-4-2-1-3-8(9)7-15/h1-6H. The summed E-state index contributed by atoms with van der Waals surface area (Å²) in [7, 11) is 0. The average Bonchev–Trinajstić information content (AvgIpc) is 2.77.